The highest BCUT2D eigenvalue weighted by Crippen LogP contribution is 2.31. The van der Waals surface area contributed by atoms with Gasteiger partial charge in [-0.15, -0.1) is 0 Å². The van der Waals surface area contributed by atoms with E-state index >= 15 is 0 Å². The molecule has 1 aliphatic rings. The molecule has 0 amide bonds. The second-order valence-electron chi connectivity index (χ2n) is 4.65. The first-order chi connectivity index (χ1) is 7.39. The zero-order valence-corrected chi connectivity index (χ0v) is 10.8. The standard InChI is InChI=1S/C10H16N4OS/c1-6-11-9(12-14(6)4)8(16)7-5-10(2,3)15-13-7/h8,16H,5H2,1-4H3. The second kappa shape index (κ2) is 3.76. The van der Waals surface area contributed by atoms with E-state index < -0.39 is 0 Å². The Kier molecular flexibility index (Phi) is 2.69. The fraction of sp³-hybridized carbons (Fsp3) is 0.700. The zero-order chi connectivity index (χ0) is 11.9. The van der Waals surface area contributed by atoms with Gasteiger partial charge in [-0.1, -0.05) is 5.16 Å². The highest BCUT2D eigenvalue weighted by atomic mass is 32.1. The minimum Gasteiger partial charge on any atom is -0.389 e. The van der Waals surface area contributed by atoms with Crippen molar-refractivity contribution >= 4 is 18.3 Å². The average molecular weight is 240 g/mol. The number of aromatic nitrogens is 3. The SMILES string of the molecule is Cc1nc(C(S)C2=NOC(C)(C)C2)nn1C. The van der Waals surface area contributed by atoms with Crippen LogP contribution in [-0.4, -0.2) is 26.1 Å². The largest absolute Gasteiger partial charge is 0.389 e. The van der Waals surface area contributed by atoms with Crippen LogP contribution < -0.4 is 0 Å². The molecular formula is C10H16N4OS. The lowest BCUT2D eigenvalue weighted by Crippen LogP contribution is -2.20. The zero-order valence-electron chi connectivity index (χ0n) is 9.93. The average Bonchev–Trinajstić information content (AvgIpc) is 2.70. The number of thiol groups is 1. The quantitative estimate of drug-likeness (QED) is 0.800. The van der Waals surface area contributed by atoms with E-state index in [4.69, 9.17) is 4.84 Å². The van der Waals surface area contributed by atoms with Crippen molar-refractivity contribution in [2.75, 3.05) is 0 Å². The Hall–Kier alpha value is -1.04. The summed E-state index contributed by atoms with van der Waals surface area (Å²) in [6, 6.07) is 0. The number of nitrogens with zero attached hydrogens (tertiary/aromatic N) is 4. The molecule has 0 aliphatic carbocycles. The summed E-state index contributed by atoms with van der Waals surface area (Å²) in [6.45, 7) is 5.91. The molecule has 2 rings (SSSR count). The van der Waals surface area contributed by atoms with Gasteiger partial charge in [0.25, 0.3) is 0 Å². The lowest BCUT2D eigenvalue weighted by Gasteiger charge is -2.14. The summed E-state index contributed by atoms with van der Waals surface area (Å²) < 4.78 is 1.74. The molecule has 0 N–H and O–H groups in total. The van der Waals surface area contributed by atoms with Crippen molar-refractivity contribution < 1.29 is 4.84 Å². The lowest BCUT2D eigenvalue weighted by atomic mass is 10.0. The molecule has 1 unspecified atom stereocenters. The van der Waals surface area contributed by atoms with Crippen molar-refractivity contribution in [3.05, 3.63) is 11.6 Å². The third kappa shape index (κ3) is 2.07. The summed E-state index contributed by atoms with van der Waals surface area (Å²) in [5.74, 6) is 1.55. The Balaban J connectivity index is 2.17. The van der Waals surface area contributed by atoms with Gasteiger partial charge in [-0.3, -0.25) is 4.68 Å². The van der Waals surface area contributed by atoms with Crippen LogP contribution in [0.2, 0.25) is 0 Å². The Morgan fingerprint density at radius 2 is 2.19 bits per heavy atom. The van der Waals surface area contributed by atoms with Gasteiger partial charge in [0.05, 0.1) is 5.71 Å². The number of rotatable bonds is 2. The molecule has 0 saturated carbocycles. The van der Waals surface area contributed by atoms with Gasteiger partial charge in [-0.2, -0.15) is 17.7 Å². The number of aryl methyl sites for hydroxylation is 2. The molecule has 2 heterocycles. The van der Waals surface area contributed by atoms with Gasteiger partial charge in [0.15, 0.2) is 5.82 Å². The Morgan fingerprint density at radius 1 is 1.50 bits per heavy atom. The van der Waals surface area contributed by atoms with E-state index in [9.17, 15) is 0 Å². The van der Waals surface area contributed by atoms with E-state index in [1.54, 1.807) is 4.68 Å². The van der Waals surface area contributed by atoms with Crippen LogP contribution >= 0.6 is 12.6 Å². The first-order valence-corrected chi connectivity index (χ1v) is 5.71. The smallest absolute Gasteiger partial charge is 0.169 e. The third-order valence-electron chi connectivity index (χ3n) is 2.57. The molecule has 0 fully saturated rings. The van der Waals surface area contributed by atoms with Crippen molar-refractivity contribution in [1.82, 2.24) is 14.8 Å². The molecule has 0 bridgehead atoms. The highest BCUT2D eigenvalue weighted by molar-refractivity contribution is 7.81. The van der Waals surface area contributed by atoms with Crippen molar-refractivity contribution in [2.24, 2.45) is 12.2 Å². The van der Waals surface area contributed by atoms with Crippen molar-refractivity contribution in [3.8, 4) is 0 Å². The Bertz CT molecular complexity index is 419. The van der Waals surface area contributed by atoms with E-state index in [1.165, 1.54) is 0 Å². The van der Waals surface area contributed by atoms with E-state index in [1.807, 2.05) is 27.8 Å². The molecule has 1 aromatic heterocycles. The van der Waals surface area contributed by atoms with Crippen LogP contribution in [0.3, 0.4) is 0 Å². The van der Waals surface area contributed by atoms with Crippen molar-refractivity contribution in [1.29, 1.82) is 0 Å². The van der Waals surface area contributed by atoms with Gasteiger partial charge in [-0.05, 0) is 20.8 Å². The normalized spacial score (nSPS) is 20.4. The summed E-state index contributed by atoms with van der Waals surface area (Å²) in [6.07, 6.45) is 0.762. The summed E-state index contributed by atoms with van der Waals surface area (Å²) >= 11 is 4.50. The Morgan fingerprint density at radius 3 is 2.62 bits per heavy atom. The maximum Gasteiger partial charge on any atom is 0.169 e. The molecule has 0 saturated heterocycles. The van der Waals surface area contributed by atoms with Gasteiger partial charge >= 0.3 is 0 Å². The summed E-state index contributed by atoms with van der Waals surface area (Å²) in [5, 5.41) is 8.17. The number of oxime groups is 1. The predicted octanol–water partition coefficient (Wildman–Crippen LogP) is 1.65. The third-order valence-corrected chi connectivity index (χ3v) is 3.10. The van der Waals surface area contributed by atoms with Gasteiger partial charge in [-0.25, -0.2) is 4.98 Å². The summed E-state index contributed by atoms with van der Waals surface area (Å²) in [5.41, 5.74) is 0.652. The molecule has 1 aliphatic heterocycles. The molecule has 1 atom stereocenters. The molecule has 1 aromatic rings. The van der Waals surface area contributed by atoms with Crippen LogP contribution in [-0.2, 0) is 11.9 Å². The topological polar surface area (TPSA) is 52.3 Å². The van der Waals surface area contributed by atoms with Crippen LogP contribution in [0.15, 0.2) is 5.16 Å². The maximum absolute atomic E-state index is 5.31. The van der Waals surface area contributed by atoms with E-state index in [0.717, 1.165) is 18.0 Å². The fourth-order valence-corrected chi connectivity index (χ4v) is 1.83. The lowest BCUT2D eigenvalue weighted by molar-refractivity contribution is 0.0123. The van der Waals surface area contributed by atoms with E-state index in [0.29, 0.717) is 5.82 Å². The molecule has 6 heteroatoms. The van der Waals surface area contributed by atoms with Crippen LogP contribution in [0, 0.1) is 6.92 Å². The first-order valence-electron chi connectivity index (χ1n) is 5.19. The van der Waals surface area contributed by atoms with Crippen molar-refractivity contribution in [3.63, 3.8) is 0 Å². The van der Waals surface area contributed by atoms with Crippen LogP contribution in [0.25, 0.3) is 0 Å². The van der Waals surface area contributed by atoms with E-state index in [-0.39, 0.29) is 10.9 Å². The minimum atomic E-state index is -0.236. The molecule has 16 heavy (non-hydrogen) atoms. The van der Waals surface area contributed by atoms with Gasteiger partial charge in [0.1, 0.15) is 16.7 Å². The van der Waals surface area contributed by atoms with Crippen LogP contribution in [0.5, 0.6) is 0 Å². The van der Waals surface area contributed by atoms with Gasteiger partial charge in [0.2, 0.25) is 0 Å². The first kappa shape index (κ1) is 11.4. The predicted molar refractivity (Wildman–Crippen MR) is 64.7 cm³/mol. The molecule has 5 nitrogen and oxygen atoms in total. The van der Waals surface area contributed by atoms with Gasteiger partial charge < -0.3 is 4.84 Å². The van der Waals surface area contributed by atoms with Crippen LogP contribution in [0.1, 0.15) is 37.2 Å². The molecular weight excluding hydrogens is 224 g/mol. The molecule has 0 radical (unpaired) electrons. The summed E-state index contributed by atoms with van der Waals surface area (Å²) in [4.78, 5) is 9.65. The molecule has 88 valence electrons. The molecule has 0 spiro atoms. The summed E-state index contributed by atoms with van der Waals surface area (Å²) in [7, 11) is 1.86. The number of hydrogen-bond acceptors (Lipinski definition) is 5. The van der Waals surface area contributed by atoms with E-state index in [2.05, 4.69) is 27.9 Å². The number of hydrogen-bond donors (Lipinski definition) is 1. The van der Waals surface area contributed by atoms with Gasteiger partial charge in [0, 0.05) is 13.5 Å². The monoisotopic (exact) mass is 240 g/mol. The maximum atomic E-state index is 5.31. The second-order valence-corrected chi connectivity index (χ2v) is 5.17. The van der Waals surface area contributed by atoms with Crippen LogP contribution in [0.4, 0.5) is 0 Å². The van der Waals surface area contributed by atoms with Crippen molar-refractivity contribution in [2.45, 2.75) is 38.0 Å². The molecule has 0 aromatic carbocycles. The highest BCUT2D eigenvalue weighted by Gasteiger charge is 2.33. The fourth-order valence-electron chi connectivity index (χ4n) is 1.58. The minimum absolute atomic E-state index is 0.179. The Labute approximate surface area is 100 Å².